The van der Waals surface area contributed by atoms with Crippen molar-refractivity contribution in [3.8, 4) is 11.5 Å². The van der Waals surface area contributed by atoms with E-state index >= 15 is 0 Å². The monoisotopic (exact) mass is 547 g/mol. The van der Waals surface area contributed by atoms with E-state index in [0.717, 1.165) is 6.07 Å². The third-order valence-electron chi connectivity index (χ3n) is 5.71. The first kappa shape index (κ1) is 30.7. The molecule has 12 nitrogen and oxygen atoms in total. The van der Waals surface area contributed by atoms with Crippen LogP contribution in [-0.4, -0.2) is 97.3 Å². The van der Waals surface area contributed by atoms with Gasteiger partial charge in [-0.05, 0) is 38.0 Å². The lowest BCUT2D eigenvalue weighted by atomic mass is 9.77. The summed E-state index contributed by atoms with van der Waals surface area (Å²) in [5.41, 5.74) is -0.237. The first-order chi connectivity index (χ1) is 17.8. The highest BCUT2D eigenvalue weighted by Gasteiger charge is 2.50. The van der Waals surface area contributed by atoms with Crippen LogP contribution in [0.25, 0.3) is 0 Å². The molecule has 0 aliphatic carbocycles. The van der Waals surface area contributed by atoms with Crippen LogP contribution in [0.3, 0.4) is 0 Å². The molecule has 0 radical (unpaired) electrons. The standard InChI is InChI=1S/C22H29BF3N3O9/c1-4-38-17(30)11-16(23(34)35)27-20(32)13-6-5-9-29(13)21(33)18(22(24,25)26)28-19(31)12-7-8-14(36-2)15(10-12)37-3/h7-8,10,13,16,18,34-35H,4-6,9,11H2,1-3H3,(H,27,32)(H,28,31). The van der Waals surface area contributed by atoms with Crippen LogP contribution in [0.1, 0.15) is 36.5 Å². The fourth-order valence-electron chi connectivity index (χ4n) is 3.85. The number of carbonyl (C=O) groups is 4. The summed E-state index contributed by atoms with van der Waals surface area (Å²) < 4.78 is 56.5. The third kappa shape index (κ3) is 7.74. The van der Waals surface area contributed by atoms with Crippen molar-refractivity contribution >= 4 is 30.8 Å². The Morgan fingerprint density at radius 2 is 1.79 bits per heavy atom. The maximum atomic E-state index is 13.9. The Morgan fingerprint density at radius 3 is 2.34 bits per heavy atom. The highest BCUT2D eigenvalue weighted by molar-refractivity contribution is 6.44. The van der Waals surface area contributed by atoms with Crippen LogP contribution in [0.5, 0.6) is 11.5 Å². The number of likely N-dealkylation sites (tertiary alicyclic amines) is 1. The molecule has 3 amide bonds. The Morgan fingerprint density at radius 1 is 1.13 bits per heavy atom. The highest BCUT2D eigenvalue weighted by atomic mass is 19.4. The van der Waals surface area contributed by atoms with Gasteiger partial charge in [-0.3, -0.25) is 19.2 Å². The molecule has 1 saturated heterocycles. The predicted octanol–water partition coefficient (Wildman–Crippen LogP) is -0.194. The molecular formula is C22H29BF3N3O9. The van der Waals surface area contributed by atoms with E-state index in [4.69, 9.17) is 14.2 Å². The number of hydrogen-bond donors (Lipinski definition) is 4. The number of nitrogens with zero attached hydrogens (tertiary/aromatic N) is 1. The summed E-state index contributed by atoms with van der Waals surface area (Å²) in [6.45, 7) is 1.30. The van der Waals surface area contributed by atoms with Crippen molar-refractivity contribution in [3.05, 3.63) is 23.8 Å². The summed E-state index contributed by atoms with van der Waals surface area (Å²) in [5, 5.41) is 22.9. The Hall–Kier alpha value is -3.53. The zero-order valence-corrected chi connectivity index (χ0v) is 20.9. The van der Waals surface area contributed by atoms with Gasteiger partial charge in [-0.15, -0.1) is 0 Å². The summed E-state index contributed by atoms with van der Waals surface area (Å²) in [5.74, 6) is -5.86. The number of carbonyl (C=O) groups excluding carboxylic acids is 4. The summed E-state index contributed by atoms with van der Waals surface area (Å²) >= 11 is 0. The van der Waals surface area contributed by atoms with Crippen LogP contribution in [0, 0.1) is 0 Å². The van der Waals surface area contributed by atoms with Crippen molar-refractivity contribution in [1.29, 1.82) is 0 Å². The minimum atomic E-state index is -5.21. The molecule has 1 aromatic carbocycles. The second kappa shape index (κ2) is 13.3. The Bertz CT molecular complexity index is 1030. The molecule has 1 aliphatic rings. The van der Waals surface area contributed by atoms with E-state index < -0.39 is 61.4 Å². The van der Waals surface area contributed by atoms with Gasteiger partial charge in [0.15, 0.2) is 11.5 Å². The maximum absolute atomic E-state index is 13.9. The lowest BCUT2D eigenvalue weighted by Gasteiger charge is -2.30. The second-order valence-corrected chi connectivity index (χ2v) is 8.25. The molecule has 210 valence electrons. The van der Waals surface area contributed by atoms with Gasteiger partial charge in [0.2, 0.25) is 11.9 Å². The molecule has 2 rings (SSSR count). The van der Waals surface area contributed by atoms with E-state index in [1.54, 1.807) is 5.32 Å². The van der Waals surface area contributed by atoms with E-state index in [9.17, 15) is 42.4 Å². The number of ether oxygens (including phenoxy) is 3. The van der Waals surface area contributed by atoms with Crippen LogP contribution in [0.15, 0.2) is 18.2 Å². The topological polar surface area (TPSA) is 164 Å². The smallest absolute Gasteiger partial charge is 0.476 e. The number of alkyl halides is 3. The first-order valence-corrected chi connectivity index (χ1v) is 11.6. The zero-order chi connectivity index (χ0) is 28.6. The van der Waals surface area contributed by atoms with E-state index in [-0.39, 0.29) is 43.1 Å². The molecule has 0 spiro atoms. The van der Waals surface area contributed by atoms with Crippen LogP contribution >= 0.6 is 0 Å². The van der Waals surface area contributed by atoms with Gasteiger partial charge in [0, 0.05) is 12.1 Å². The zero-order valence-electron chi connectivity index (χ0n) is 20.9. The molecular weight excluding hydrogens is 518 g/mol. The summed E-state index contributed by atoms with van der Waals surface area (Å²) in [7, 11) is 0.421. The van der Waals surface area contributed by atoms with Gasteiger partial charge < -0.3 is 39.8 Å². The van der Waals surface area contributed by atoms with Gasteiger partial charge >= 0.3 is 19.3 Å². The van der Waals surface area contributed by atoms with Crippen molar-refractivity contribution in [1.82, 2.24) is 15.5 Å². The summed E-state index contributed by atoms with van der Waals surface area (Å²) in [6, 6.07) is -0.752. The molecule has 3 unspecified atom stereocenters. The summed E-state index contributed by atoms with van der Waals surface area (Å²) in [6.07, 6.45) is -5.69. The number of halogens is 3. The lowest BCUT2D eigenvalue weighted by Crippen LogP contribution is -2.60. The van der Waals surface area contributed by atoms with E-state index in [1.807, 2.05) is 0 Å². The first-order valence-electron chi connectivity index (χ1n) is 11.6. The van der Waals surface area contributed by atoms with Gasteiger partial charge in [-0.25, -0.2) is 0 Å². The van der Waals surface area contributed by atoms with Crippen LogP contribution < -0.4 is 20.1 Å². The number of nitrogens with one attached hydrogen (secondary N) is 2. The summed E-state index contributed by atoms with van der Waals surface area (Å²) in [4.78, 5) is 50.7. The molecule has 0 bridgehead atoms. The van der Waals surface area contributed by atoms with Gasteiger partial charge in [0.1, 0.15) is 6.04 Å². The molecule has 38 heavy (non-hydrogen) atoms. The number of benzene rings is 1. The quantitative estimate of drug-likeness (QED) is 0.217. The third-order valence-corrected chi connectivity index (χ3v) is 5.71. The van der Waals surface area contributed by atoms with Crippen molar-refractivity contribution < 1.29 is 56.6 Å². The van der Waals surface area contributed by atoms with Crippen molar-refractivity contribution in [2.24, 2.45) is 0 Å². The molecule has 1 aliphatic heterocycles. The van der Waals surface area contributed by atoms with Crippen molar-refractivity contribution in [2.75, 3.05) is 27.4 Å². The molecule has 16 heteroatoms. The predicted molar refractivity (Wildman–Crippen MR) is 125 cm³/mol. The number of methoxy groups -OCH3 is 2. The van der Waals surface area contributed by atoms with E-state index in [2.05, 4.69) is 5.32 Å². The largest absolute Gasteiger partial charge is 0.493 e. The maximum Gasteiger partial charge on any atom is 0.476 e. The molecule has 0 aromatic heterocycles. The molecule has 1 heterocycles. The van der Waals surface area contributed by atoms with E-state index in [0.29, 0.717) is 4.90 Å². The fourth-order valence-corrected chi connectivity index (χ4v) is 3.85. The second-order valence-electron chi connectivity index (χ2n) is 8.25. The lowest BCUT2D eigenvalue weighted by molar-refractivity contribution is -0.175. The Balaban J connectivity index is 2.21. The van der Waals surface area contributed by atoms with Gasteiger partial charge in [0.05, 0.1) is 33.2 Å². The number of amides is 3. The van der Waals surface area contributed by atoms with Gasteiger partial charge in [0.25, 0.3) is 11.8 Å². The van der Waals surface area contributed by atoms with Crippen LogP contribution in [0.2, 0.25) is 0 Å². The molecule has 4 N–H and O–H groups in total. The van der Waals surface area contributed by atoms with Crippen LogP contribution in [0.4, 0.5) is 13.2 Å². The average molecular weight is 547 g/mol. The normalized spacial score (nSPS) is 16.7. The molecule has 1 aromatic rings. The number of hydrogen-bond acceptors (Lipinski definition) is 9. The number of rotatable bonds is 11. The number of esters is 1. The van der Waals surface area contributed by atoms with E-state index in [1.165, 1.54) is 33.3 Å². The van der Waals surface area contributed by atoms with Crippen molar-refractivity contribution in [3.63, 3.8) is 0 Å². The minimum absolute atomic E-state index is 0.000212. The minimum Gasteiger partial charge on any atom is -0.493 e. The highest BCUT2D eigenvalue weighted by Crippen LogP contribution is 2.29. The van der Waals surface area contributed by atoms with Crippen LogP contribution in [-0.2, 0) is 19.1 Å². The van der Waals surface area contributed by atoms with Gasteiger partial charge in [-0.2, -0.15) is 13.2 Å². The fraction of sp³-hybridized carbons (Fsp3) is 0.545. The molecule has 0 saturated carbocycles. The Labute approximate surface area is 216 Å². The van der Waals surface area contributed by atoms with Crippen molar-refractivity contribution in [2.45, 2.75) is 50.4 Å². The SMILES string of the molecule is CCOC(=O)CC(NC(=O)C1CCCN1C(=O)C(NC(=O)c1ccc(OC)c(OC)c1)C(F)(F)F)B(O)O. The van der Waals surface area contributed by atoms with Gasteiger partial charge in [-0.1, -0.05) is 0 Å². The molecule has 1 fully saturated rings. The average Bonchev–Trinajstić information content (AvgIpc) is 3.35. The molecule has 3 atom stereocenters. The Kier molecular flexibility index (Phi) is 10.8.